The van der Waals surface area contributed by atoms with E-state index in [0.29, 0.717) is 30.9 Å². The lowest BCUT2D eigenvalue weighted by Gasteiger charge is -2.07. The van der Waals surface area contributed by atoms with E-state index in [-0.39, 0.29) is 0 Å². The number of pyridine rings is 3. The third-order valence-corrected chi connectivity index (χ3v) is 4.30. The highest BCUT2D eigenvalue weighted by molar-refractivity contribution is 5.68. The summed E-state index contributed by atoms with van der Waals surface area (Å²) in [5, 5.41) is 8.59. The monoisotopic (exact) mass is 423 g/mol. The van der Waals surface area contributed by atoms with Gasteiger partial charge >= 0.3 is 5.97 Å². The topological polar surface area (TPSA) is 104 Å². The molecule has 0 fully saturated rings. The molecule has 0 aliphatic rings. The number of carbonyl (C=O) groups is 1. The van der Waals surface area contributed by atoms with Gasteiger partial charge in [-0.05, 0) is 42.9 Å². The molecule has 0 bridgehead atoms. The van der Waals surface area contributed by atoms with Crippen LogP contribution in [-0.2, 0) is 17.6 Å². The van der Waals surface area contributed by atoms with E-state index < -0.39 is 12.6 Å². The van der Waals surface area contributed by atoms with Gasteiger partial charge in [-0.2, -0.15) is 0 Å². The van der Waals surface area contributed by atoms with E-state index >= 15 is 0 Å². The number of aromatic nitrogens is 3. The van der Waals surface area contributed by atoms with Crippen LogP contribution in [0.25, 0.3) is 0 Å². The molecule has 0 spiro atoms. The number of aryl methyl sites for hydroxylation is 2. The molecular formula is C23H25N3O5. The fraction of sp³-hybridized carbons (Fsp3) is 0.304. The third-order valence-electron chi connectivity index (χ3n) is 4.30. The van der Waals surface area contributed by atoms with E-state index in [4.69, 9.17) is 19.3 Å². The lowest BCUT2D eigenvalue weighted by Crippen LogP contribution is -2.10. The maximum absolute atomic E-state index is 10.5. The normalized spacial score (nSPS) is 10.5. The first-order valence-electron chi connectivity index (χ1n) is 10.1. The van der Waals surface area contributed by atoms with Gasteiger partial charge in [-0.1, -0.05) is 18.2 Å². The third kappa shape index (κ3) is 8.30. The molecular weight excluding hydrogens is 398 g/mol. The average molecular weight is 423 g/mol. The predicted octanol–water partition coefficient (Wildman–Crippen LogP) is 3.36. The van der Waals surface area contributed by atoms with Crippen LogP contribution in [0.4, 0.5) is 0 Å². The van der Waals surface area contributed by atoms with Crippen LogP contribution < -0.4 is 14.2 Å². The van der Waals surface area contributed by atoms with Crippen LogP contribution in [-0.4, -0.2) is 45.8 Å². The van der Waals surface area contributed by atoms with Gasteiger partial charge in [-0.25, -0.2) is 19.7 Å². The summed E-state index contributed by atoms with van der Waals surface area (Å²) in [6, 6.07) is 13.0. The Morgan fingerprint density at radius 1 is 0.742 bits per heavy atom. The Morgan fingerprint density at radius 3 is 1.81 bits per heavy atom. The molecule has 8 heteroatoms. The molecule has 3 rings (SSSR count). The van der Waals surface area contributed by atoms with E-state index in [1.807, 2.05) is 42.6 Å². The molecule has 8 nitrogen and oxygen atoms in total. The Labute approximate surface area is 180 Å². The minimum absolute atomic E-state index is 0.301. The number of rotatable bonds is 13. The molecule has 0 aromatic carbocycles. The quantitative estimate of drug-likeness (QED) is 0.418. The Kier molecular flexibility index (Phi) is 8.60. The average Bonchev–Trinajstić information content (AvgIpc) is 2.80. The summed E-state index contributed by atoms with van der Waals surface area (Å²) in [7, 11) is 0. The molecule has 1 N–H and O–H groups in total. The minimum atomic E-state index is -1.03. The zero-order chi connectivity index (χ0) is 21.7. The maximum Gasteiger partial charge on any atom is 0.341 e. The summed E-state index contributed by atoms with van der Waals surface area (Å²) in [6.45, 7) is 0.753. The fourth-order valence-corrected chi connectivity index (χ4v) is 2.76. The largest absolute Gasteiger partial charge is 0.479 e. The molecule has 0 saturated heterocycles. The van der Waals surface area contributed by atoms with E-state index in [9.17, 15) is 4.79 Å². The molecule has 0 aliphatic heterocycles. The second-order valence-electron chi connectivity index (χ2n) is 6.76. The first-order valence-corrected chi connectivity index (χ1v) is 10.1. The van der Waals surface area contributed by atoms with Crippen LogP contribution in [0.5, 0.6) is 17.6 Å². The van der Waals surface area contributed by atoms with Gasteiger partial charge in [0, 0.05) is 36.8 Å². The molecule has 0 atom stereocenters. The summed E-state index contributed by atoms with van der Waals surface area (Å²) in [6.07, 6.45) is 8.58. The Bertz CT molecular complexity index is 918. The molecule has 162 valence electrons. The van der Waals surface area contributed by atoms with Crippen molar-refractivity contribution in [1.29, 1.82) is 0 Å². The van der Waals surface area contributed by atoms with Crippen molar-refractivity contribution in [2.75, 3.05) is 19.8 Å². The van der Waals surface area contributed by atoms with Gasteiger partial charge in [0.1, 0.15) is 0 Å². The van der Waals surface area contributed by atoms with E-state index in [1.165, 1.54) is 0 Å². The van der Waals surface area contributed by atoms with Crippen molar-refractivity contribution in [1.82, 2.24) is 15.0 Å². The van der Waals surface area contributed by atoms with Crippen molar-refractivity contribution in [3.05, 3.63) is 72.2 Å². The Morgan fingerprint density at radius 2 is 1.32 bits per heavy atom. The van der Waals surface area contributed by atoms with Gasteiger partial charge in [0.05, 0.1) is 13.2 Å². The van der Waals surface area contributed by atoms with Crippen molar-refractivity contribution >= 4 is 5.97 Å². The van der Waals surface area contributed by atoms with Gasteiger partial charge < -0.3 is 19.3 Å². The van der Waals surface area contributed by atoms with E-state index in [2.05, 4.69) is 15.0 Å². The highest BCUT2D eigenvalue weighted by Gasteiger charge is 2.02. The van der Waals surface area contributed by atoms with Crippen molar-refractivity contribution in [3.63, 3.8) is 0 Å². The van der Waals surface area contributed by atoms with Gasteiger partial charge in [0.2, 0.25) is 17.6 Å². The molecule has 0 amide bonds. The first kappa shape index (κ1) is 22.0. The standard InChI is InChI=1S/C23H25N3O5/c27-23(28)17-31-22-11-9-19(16-26-22)6-4-14-30-21-10-8-18(15-25-21)5-3-13-29-20-7-1-2-12-24-20/h1-2,7-12,15-16H,3-6,13-14,17H2,(H,27,28). The zero-order valence-electron chi connectivity index (χ0n) is 17.1. The van der Waals surface area contributed by atoms with Gasteiger partial charge in [-0.15, -0.1) is 0 Å². The molecule has 3 aromatic heterocycles. The van der Waals surface area contributed by atoms with E-state index in [0.717, 1.165) is 36.8 Å². The summed E-state index contributed by atoms with van der Waals surface area (Å²) >= 11 is 0. The van der Waals surface area contributed by atoms with Crippen molar-refractivity contribution < 1.29 is 24.1 Å². The molecule has 3 aromatic rings. The molecule has 0 radical (unpaired) electrons. The minimum Gasteiger partial charge on any atom is -0.479 e. The number of hydrogen-bond donors (Lipinski definition) is 1. The van der Waals surface area contributed by atoms with Gasteiger partial charge in [0.15, 0.2) is 6.61 Å². The number of nitrogens with zero attached hydrogens (tertiary/aromatic N) is 3. The van der Waals surface area contributed by atoms with Gasteiger partial charge in [0.25, 0.3) is 0 Å². The van der Waals surface area contributed by atoms with Crippen molar-refractivity contribution in [3.8, 4) is 17.6 Å². The van der Waals surface area contributed by atoms with Crippen LogP contribution in [0.15, 0.2) is 61.1 Å². The zero-order valence-corrected chi connectivity index (χ0v) is 17.1. The summed E-state index contributed by atoms with van der Waals surface area (Å²) in [5.74, 6) is 0.515. The summed E-state index contributed by atoms with van der Waals surface area (Å²) < 4.78 is 16.3. The van der Waals surface area contributed by atoms with Crippen LogP contribution in [0.2, 0.25) is 0 Å². The lowest BCUT2D eigenvalue weighted by atomic mass is 10.1. The van der Waals surface area contributed by atoms with Crippen molar-refractivity contribution in [2.24, 2.45) is 0 Å². The number of carboxylic acids is 1. The van der Waals surface area contributed by atoms with Crippen molar-refractivity contribution in [2.45, 2.75) is 25.7 Å². The summed E-state index contributed by atoms with van der Waals surface area (Å²) in [5.41, 5.74) is 2.16. The highest BCUT2D eigenvalue weighted by Crippen LogP contribution is 2.12. The Balaban J connectivity index is 1.30. The molecule has 0 aliphatic carbocycles. The number of carboxylic acid groups (broad SMARTS) is 1. The van der Waals surface area contributed by atoms with Crippen LogP contribution in [0.1, 0.15) is 24.0 Å². The molecule has 0 saturated carbocycles. The van der Waals surface area contributed by atoms with E-state index in [1.54, 1.807) is 18.5 Å². The Hall–Kier alpha value is -3.68. The molecule has 0 unspecified atom stereocenters. The molecule has 3 heterocycles. The maximum atomic E-state index is 10.5. The van der Waals surface area contributed by atoms with Crippen LogP contribution >= 0.6 is 0 Å². The van der Waals surface area contributed by atoms with Crippen LogP contribution in [0.3, 0.4) is 0 Å². The predicted molar refractivity (Wildman–Crippen MR) is 113 cm³/mol. The summed E-state index contributed by atoms with van der Waals surface area (Å²) in [4.78, 5) is 23.1. The fourth-order valence-electron chi connectivity index (χ4n) is 2.76. The SMILES string of the molecule is O=C(O)COc1ccc(CCCOc2ccc(CCCOc3ccccn3)cn2)cn1. The first-order chi connectivity index (χ1) is 15.2. The second-order valence-corrected chi connectivity index (χ2v) is 6.76. The smallest absolute Gasteiger partial charge is 0.341 e. The second kappa shape index (κ2) is 12.1. The number of hydrogen-bond acceptors (Lipinski definition) is 7. The van der Waals surface area contributed by atoms with Gasteiger partial charge in [-0.3, -0.25) is 0 Å². The lowest BCUT2D eigenvalue weighted by molar-refractivity contribution is -0.139. The number of aliphatic carboxylic acids is 1. The van der Waals surface area contributed by atoms with Crippen LogP contribution in [0, 0.1) is 0 Å². The number of ether oxygens (including phenoxy) is 3. The molecule has 31 heavy (non-hydrogen) atoms. The highest BCUT2D eigenvalue weighted by atomic mass is 16.5.